The number of hydrogen-bond acceptors (Lipinski definition) is 8. The second-order valence-electron chi connectivity index (χ2n) is 1.95. The SMILES string of the molecule is CC(O[Si](O)(O)O)O[Si](O)(O)O. The van der Waals surface area contributed by atoms with Crippen molar-refractivity contribution in [1.29, 1.82) is 0 Å². The maximum atomic E-state index is 8.30. The molecule has 0 aromatic rings. The van der Waals surface area contributed by atoms with E-state index in [1.54, 1.807) is 0 Å². The highest BCUT2D eigenvalue weighted by molar-refractivity contribution is 6.49. The Labute approximate surface area is 69.8 Å². The molecule has 6 N–H and O–H groups in total. The molecule has 12 heavy (non-hydrogen) atoms. The lowest BCUT2D eigenvalue weighted by atomic mass is 10.8. The lowest BCUT2D eigenvalue weighted by molar-refractivity contribution is -0.105. The third-order valence-corrected chi connectivity index (χ3v) is 1.94. The van der Waals surface area contributed by atoms with Gasteiger partial charge in [-0.25, -0.2) is 0 Å². The van der Waals surface area contributed by atoms with E-state index in [4.69, 9.17) is 28.8 Å². The first-order valence-electron chi connectivity index (χ1n) is 2.80. The van der Waals surface area contributed by atoms with Gasteiger partial charge in [0.15, 0.2) is 0 Å². The zero-order chi connectivity index (χ0) is 9.99. The molecular formula is C2H10O8Si2. The van der Waals surface area contributed by atoms with Crippen LogP contribution in [0.15, 0.2) is 0 Å². The molecule has 0 amide bonds. The van der Waals surface area contributed by atoms with Gasteiger partial charge in [0.2, 0.25) is 0 Å². The van der Waals surface area contributed by atoms with Crippen LogP contribution in [0.25, 0.3) is 0 Å². The van der Waals surface area contributed by atoms with Crippen LogP contribution in [0.2, 0.25) is 0 Å². The quantitative estimate of drug-likeness (QED) is 0.208. The van der Waals surface area contributed by atoms with Gasteiger partial charge in [-0.15, -0.1) is 0 Å². The standard InChI is InChI=1S/C2H10O8Si2/c1-2(9-11(3,4)5)10-12(6,7)8/h2-8H,1H3. The summed E-state index contributed by atoms with van der Waals surface area (Å²) in [5.41, 5.74) is 0. The first kappa shape index (κ1) is 12.1. The van der Waals surface area contributed by atoms with Gasteiger partial charge in [0, 0.05) is 0 Å². The van der Waals surface area contributed by atoms with Crippen molar-refractivity contribution < 1.29 is 37.6 Å². The smallest absolute Gasteiger partial charge is 0.368 e. The summed E-state index contributed by atoms with van der Waals surface area (Å²) in [6.07, 6.45) is -1.52. The van der Waals surface area contributed by atoms with Crippen molar-refractivity contribution in [2.24, 2.45) is 0 Å². The van der Waals surface area contributed by atoms with Crippen LogP contribution in [0.3, 0.4) is 0 Å². The zero-order valence-electron chi connectivity index (χ0n) is 6.08. The summed E-state index contributed by atoms with van der Waals surface area (Å²) in [5, 5.41) is 0. The van der Waals surface area contributed by atoms with Crippen molar-refractivity contribution in [1.82, 2.24) is 0 Å². The molecule has 0 heterocycles. The molecule has 0 saturated carbocycles. The fourth-order valence-electron chi connectivity index (χ4n) is 0.469. The highest BCUT2D eigenvalue weighted by Gasteiger charge is 2.39. The molecule has 0 unspecified atom stereocenters. The molecule has 0 bridgehead atoms. The predicted octanol–water partition coefficient (Wildman–Crippen LogP) is -3.81. The molecule has 8 nitrogen and oxygen atoms in total. The number of hydrogen-bond donors (Lipinski definition) is 6. The first-order valence-corrected chi connectivity index (χ1v) is 6.30. The van der Waals surface area contributed by atoms with Gasteiger partial charge in [-0.1, -0.05) is 0 Å². The summed E-state index contributed by atoms with van der Waals surface area (Å²) < 4.78 is 7.90. The Balaban J connectivity index is 3.83. The fraction of sp³-hybridized carbons (Fsp3) is 1.00. The summed E-state index contributed by atoms with van der Waals surface area (Å²) in [5.74, 6) is 0. The van der Waals surface area contributed by atoms with E-state index in [0.29, 0.717) is 0 Å². The summed E-state index contributed by atoms with van der Waals surface area (Å²) >= 11 is 0. The normalized spacial score (nSPS) is 14.0. The molecule has 0 aromatic carbocycles. The van der Waals surface area contributed by atoms with E-state index >= 15 is 0 Å². The lowest BCUT2D eigenvalue weighted by Gasteiger charge is -2.20. The van der Waals surface area contributed by atoms with Crippen LogP contribution in [0.4, 0.5) is 0 Å². The Morgan fingerprint density at radius 2 is 1.08 bits per heavy atom. The minimum absolute atomic E-state index is 1.04. The Bertz CT molecular complexity index is 119. The third-order valence-electron chi connectivity index (χ3n) is 0.648. The molecule has 74 valence electrons. The van der Waals surface area contributed by atoms with E-state index < -0.39 is 24.4 Å². The molecular weight excluding hydrogens is 208 g/mol. The Morgan fingerprint density at radius 3 is 1.25 bits per heavy atom. The van der Waals surface area contributed by atoms with Gasteiger partial charge in [-0.3, -0.25) is 0 Å². The van der Waals surface area contributed by atoms with Crippen molar-refractivity contribution >= 4 is 18.1 Å². The largest absolute Gasteiger partial charge is 0.673 e. The monoisotopic (exact) mass is 218 g/mol. The summed E-state index contributed by atoms with van der Waals surface area (Å²) in [4.78, 5) is 49.8. The summed E-state index contributed by atoms with van der Waals surface area (Å²) in [7, 11) is -9.51. The first-order chi connectivity index (χ1) is 5.10. The van der Waals surface area contributed by atoms with Crippen molar-refractivity contribution in [3.8, 4) is 0 Å². The van der Waals surface area contributed by atoms with Gasteiger partial charge in [0.05, 0.1) is 0 Å². The van der Waals surface area contributed by atoms with Crippen LogP contribution in [0.1, 0.15) is 6.92 Å². The van der Waals surface area contributed by atoms with E-state index in [-0.39, 0.29) is 0 Å². The predicted molar refractivity (Wildman–Crippen MR) is 36.5 cm³/mol. The maximum absolute atomic E-state index is 8.30. The Morgan fingerprint density at radius 1 is 0.833 bits per heavy atom. The average Bonchev–Trinajstić information content (AvgIpc) is 1.49. The van der Waals surface area contributed by atoms with Gasteiger partial charge in [0.1, 0.15) is 6.29 Å². The Hall–Kier alpha value is 0.114. The second-order valence-corrected chi connectivity index (χ2v) is 4.72. The van der Waals surface area contributed by atoms with E-state index in [0.717, 1.165) is 6.92 Å². The lowest BCUT2D eigenvalue weighted by Crippen LogP contribution is -2.48. The summed E-state index contributed by atoms with van der Waals surface area (Å²) in [6.45, 7) is 1.04. The molecule has 0 aromatic heterocycles. The van der Waals surface area contributed by atoms with E-state index in [1.165, 1.54) is 0 Å². The molecule has 0 aliphatic rings. The fourth-order valence-corrected chi connectivity index (χ4v) is 1.55. The molecule has 0 spiro atoms. The van der Waals surface area contributed by atoms with Crippen LogP contribution in [-0.4, -0.2) is 53.2 Å². The van der Waals surface area contributed by atoms with Crippen LogP contribution >= 0.6 is 0 Å². The highest BCUT2D eigenvalue weighted by atomic mass is 28.4. The van der Waals surface area contributed by atoms with E-state index in [9.17, 15) is 0 Å². The molecule has 0 saturated heterocycles. The Kier molecular flexibility index (Phi) is 3.92. The molecule has 0 aliphatic carbocycles. The molecule has 0 atom stereocenters. The molecule has 10 heteroatoms. The molecule has 0 aliphatic heterocycles. The van der Waals surface area contributed by atoms with Crippen molar-refractivity contribution in [2.75, 3.05) is 0 Å². The van der Waals surface area contributed by atoms with Gasteiger partial charge >= 0.3 is 18.1 Å². The molecule has 0 radical (unpaired) electrons. The van der Waals surface area contributed by atoms with Crippen molar-refractivity contribution in [2.45, 2.75) is 13.2 Å². The third kappa shape index (κ3) is 8.21. The molecule has 0 fully saturated rings. The van der Waals surface area contributed by atoms with Gasteiger partial charge in [-0.05, 0) is 6.92 Å². The van der Waals surface area contributed by atoms with E-state index in [2.05, 4.69) is 8.85 Å². The van der Waals surface area contributed by atoms with Crippen molar-refractivity contribution in [3.05, 3.63) is 0 Å². The van der Waals surface area contributed by atoms with Crippen LogP contribution < -0.4 is 0 Å². The maximum Gasteiger partial charge on any atom is 0.673 e. The van der Waals surface area contributed by atoms with E-state index in [1.807, 2.05) is 0 Å². The van der Waals surface area contributed by atoms with Gasteiger partial charge < -0.3 is 37.6 Å². The van der Waals surface area contributed by atoms with Crippen LogP contribution in [0, 0.1) is 0 Å². The van der Waals surface area contributed by atoms with Crippen molar-refractivity contribution in [3.63, 3.8) is 0 Å². The minimum atomic E-state index is -4.76. The highest BCUT2D eigenvalue weighted by Crippen LogP contribution is 2.03. The van der Waals surface area contributed by atoms with Crippen LogP contribution in [-0.2, 0) is 8.85 Å². The zero-order valence-corrected chi connectivity index (χ0v) is 8.08. The average molecular weight is 218 g/mol. The van der Waals surface area contributed by atoms with Crippen LogP contribution in [0.5, 0.6) is 0 Å². The topological polar surface area (TPSA) is 140 Å². The summed E-state index contributed by atoms with van der Waals surface area (Å²) in [6, 6.07) is 0. The minimum Gasteiger partial charge on any atom is -0.368 e. The van der Waals surface area contributed by atoms with Gasteiger partial charge in [-0.2, -0.15) is 0 Å². The molecule has 0 rings (SSSR count). The number of rotatable bonds is 4. The van der Waals surface area contributed by atoms with Gasteiger partial charge in [0.25, 0.3) is 0 Å². The second kappa shape index (κ2) is 3.88.